The minimum absolute atomic E-state index is 0.00724. The molecule has 6 nitrogen and oxygen atoms in total. The first-order valence-corrected chi connectivity index (χ1v) is 11.2. The lowest BCUT2D eigenvalue weighted by molar-refractivity contribution is -0.120. The Kier molecular flexibility index (Phi) is 5.11. The predicted molar refractivity (Wildman–Crippen MR) is 118 cm³/mol. The Hall–Kier alpha value is -3.32. The van der Waals surface area contributed by atoms with Crippen LogP contribution in [-0.4, -0.2) is 21.4 Å². The van der Waals surface area contributed by atoms with E-state index in [4.69, 9.17) is 0 Å². The van der Waals surface area contributed by atoms with Crippen molar-refractivity contribution in [1.29, 1.82) is 0 Å². The Labute approximate surface area is 183 Å². The molecule has 3 aromatic rings. The van der Waals surface area contributed by atoms with Crippen LogP contribution in [0.5, 0.6) is 0 Å². The van der Waals surface area contributed by atoms with E-state index in [1.54, 1.807) is 6.07 Å². The number of aliphatic hydroxyl groups is 1. The second-order valence-corrected chi connectivity index (χ2v) is 8.92. The van der Waals surface area contributed by atoms with Gasteiger partial charge in [0.25, 0.3) is 5.91 Å². The first kappa shape index (κ1) is 19.6. The van der Waals surface area contributed by atoms with Crippen LogP contribution in [0.1, 0.15) is 36.0 Å². The summed E-state index contributed by atoms with van der Waals surface area (Å²) in [5.41, 5.74) is 1.37. The average Bonchev–Trinajstić information content (AvgIpc) is 3.53. The van der Waals surface area contributed by atoms with Gasteiger partial charge in [0.05, 0.1) is 5.56 Å². The number of thiophene rings is 1. The Morgan fingerprint density at radius 2 is 1.74 bits per heavy atom. The maximum absolute atomic E-state index is 13.0. The highest BCUT2D eigenvalue weighted by atomic mass is 32.1. The third kappa shape index (κ3) is 3.55. The molecule has 1 amide bonds. The summed E-state index contributed by atoms with van der Waals surface area (Å²) < 4.78 is 1.87. The van der Waals surface area contributed by atoms with Gasteiger partial charge in [-0.25, -0.2) is 0 Å². The molecule has 0 spiro atoms. The SMILES string of the molecule is O=C(N=NC1=C(O)C2CCCCC2C1=O)c1cc(-c2ccccc2)sc1-n1cccc1. The first-order valence-electron chi connectivity index (χ1n) is 10.4. The van der Waals surface area contributed by atoms with Gasteiger partial charge in [-0.05, 0) is 36.6 Å². The molecule has 2 atom stereocenters. The summed E-state index contributed by atoms with van der Waals surface area (Å²) in [4.78, 5) is 26.6. The average molecular weight is 432 g/mol. The van der Waals surface area contributed by atoms with Crippen LogP contribution < -0.4 is 0 Å². The third-order valence-corrected chi connectivity index (χ3v) is 7.21. The number of allylic oxidation sites excluding steroid dienone is 2. The monoisotopic (exact) mass is 431 g/mol. The number of nitrogens with zero attached hydrogens (tertiary/aromatic N) is 3. The lowest BCUT2D eigenvalue weighted by Crippen LogP contribution is -2.21. The molecule has 7 heteroatoms. The second-order valence-electron chi connectivity index (χ2n) is 7.89. The minimum atomic E-state index is -0.537. The number of ketones is 1. The standard InChI is InChI=1S/C24H21N3O3S/c28-21-16-10-4-5-11-17(16)22(29)20(21)25-26-23(30)18-14-19(15-8-2-1-3-9-15)31-24(18)27-12-6-7-13-27/h1-3,6-9,12-14,16-17,28H,4-5,10-11H2. The van der Waals surface area contributed by atoms with Crippen molar-refractivity contribution in [3.63, 3.8) is 0 Å². The Morgan fingerprint density at radius 3 is 2.45 bits per heavy atom. The maximum atomic E-state index is 13.0. The zero-order chi connectivity index (χ0) is 21.4. The fraction of sp³-hybridized carbons (Fsp3) is 0.250. The maximum Gasteiger partial charge on any atom is 0.298 e. The van der Waals surface area contributed by atoms with Gasteiger partial charge in [0.1, 0.15) is 10.8 Å². The van der Waals surface area contributed by atoms with Crippen molar-refractivity contribution in [3.05, 3.63) is 77.9 Å². The zero-order valence-corrected chi connectivity index (χ0v) is 17.6. The summed E-state index contributed by atoms with van der Waals surface area (Å²) in [6.45, 7) is 0. The van der Waals surface area contributed by atoms with E-state index in [0.29, 0.717) is 5.56 Å². The zero-order valence-electron chi connectivity index (χ0n) is 16.8. The van der Waals surface area contributed by atoms with Crippen molar-refractivity contribution in [2.45, 2.75) is 25.7 Å². The van der Waals surface area contributed by atoms with E-state index in [-0.39, 0.29) is 29.1 Å². The molecule has 5 rings (SSSR count). The van der Waals surface area contributed by atoms with Crippen LogP contribution in [0.25, 0.3) is 15.4 Å². The summed E-state index contributed by atoms with van der Waals surface area (Å²) >= 11 is 1.49. The van der Waals surface area contributed by atoms with E-state index in [9.17, 15) is 14.7 Å². The number of Topliss-reactive ketones (excluding diaryl/α,β-unsaturated/α-hetero) is 1. The molecule has 1 saturated carbocycles. The second kappa shape index (κ2) is 8.07. The molecule has 0 bridgehead atoms. The van der Waals surface area contributed by atoms with Crippen molar-refractivity contribution in [2.75, 3.05) is 0 Å². The number of rotatable bonds is 4. The van der Waals surface area contributed by atoms with Gasteiger partial charge < -0.3 is 9.67 Å². The molecule has 2 unspecified atom stereocenters. The highest BCUT2D eigenvalue weighted by Crippen LogP contribution is 2.43. The van der Waals surface area contributed by atoms with E-state index >= 15 is 0 Å². The molecular formula is C24H21N3O3S. The molecule has 2 heterocycles. The highest BCUT2D eigenvalue weighted by molar-refractivity contribution is 7.18. The smallest absolute Gasteiger partial charge is 0.298 e. The van der Waals surface area contributed by atoms with Crippen molar-refractivity contribution < 1.29 is 14.7 Å². The number of carbonyl (C=O) groups excluding carboxylic acids is 2. The topological polar surface area (TPSA) is 84.0 Å². The number of aromatic nitrogens is 1. The number of azo groups is 1. The van der Waals surface area contributed by atoms with Crippen molar-refractivity contribution in [3.8, 4) is 15.4 Å². The lowest BCUT2D eigenvalue weighted by atomic mass is 9.80. The number of hydrogen-bond acceptors (Lipinski definition) is 5. The van der Waals surface area contributed by atoms with E-state index < -0.39 is 5.91 Å². The van der Waals surface area contributed by atoms with Gasteiger partial charge in [-0.3, -0.25) is 9.59 Å². The van der Waals surface area contributed by atoms with Crippen LogP contribution >= 0.6 is 11.3 Å². The van der Waals surface area contributed by atoms with E-state index in [1.165, 1.54) is 11.3 Å². The highest BCUT2D eigenvalue weighted by Gasteiger charge is 2.43. The van der Waals surface area contributed by atoms with Gasteiger partial charge >= 0.3 is 0 Å². The Bertz CT molecular complexity index is 1190. The van der Waals surface area contributed by atoms with Crippen molar-refractivity contribution in [2.24, 2.45) is 22.1 Å². The number of aliphatic hydroxyl groups excluding tert-OH is 1. The van der Waals surface area contributed by atoms with Crippen LogP contribution in [-0.2, 0) is 4.79 Å². The largest absolute Gasteiger partial charge is 0.510 e. The number of fused-ring (bicyclic) bond motifs is 1. The molecule has 2 aromatic heterocycles. The van der Waals surface area contributed by atoms with Gasteiger partial charge in [0.2, 0.25) is 0 Å². The lowest BCUT2D eigenvalue weighted by Gasteiger charge is -2.23. The van der Waals surface area contributed by atoms with Crippen LogP contribution in [0.4, 0.5) is 0 Å². The molecule has 2 aliphatic rings. The van der Waals surface area contributed by atoms with E-state index in [2.05, 4.69) is 10.2 Å². The van der Waals surface area contributed by atoms with Crippen molar-refractivity contribution in [1.82, 2.24) is 4.57 Å². The first-order chi connectivity index (χ1) is 15.1. The molecule has 156 valence electrons. The van der Waals surface area contributed by atoms with Crippen molar-refractivity contribution >= 4 is 23.0 Å². The minimum Gasteiger partial charge on any atom is -0.510 e. The van der Waals surface area contributed by atoms with Gasteiger partial charge in [-0.1, -0.05) is 43.2 Å². The molecule has 1 fully saturated rings. The molecule has 0 radical (unpaired) electrons. The normalized spacial score (nSPS) is 21.1. The fourth-order valence-electron chi connectivity index (χ4n) is 4.44. The number of amides is 1. The molecule has 0 saturated heterocycles. The van der Waals surface area contributed by atoms with Gasteiger partial charge in [-0.2, -0.15) is 0 Å². The molecule has 1 aromatic carbocycles. The van der Waals surface area contributed by atoms with E-state index in [0.717, 1.165) is 41.1 Å². The summed E-state index contributed by atoms with van der Waals surface area (Å²) in [6, 6.07) is 15.4. The molecule has 0 aliphatic heterocycles. The van der Waals surface area contributed by atoms with Crippen LogP contribution in [0.2, 0.25) is 0 Å². The summed E-state index contributed by atoms with van der Waals surface area (Å²) in [7, 11) is 0. The number of hydrogen-bond donors (Lipinski definition) is 1. The van der Waals surface area contributed by atoms with Crippen LogP contribution in [0.15, 0.2) is 82.6 Å². The van der Waals surface area contributed by atoms with E-state index in [1.807, 2.05) is 59.4 Å². The summed E-state index contributed by atoms with van der Waals surface area (Å²) in [5, 5.41) is 19.0. The van der Waals surface area contributed by atoms with Crippen LogP contribution in [0, 0.1) is 11.8 Å². The Balaban J connectivity index is 1.48. The number of carbonyl (C=O) groups is 2. The molecular weight excluding hydrogens is 410 g/mol. The summed E-state index contributed by atoms with van der Waals surface area (Å²) in [6.07, 6.45) is 7.23. The molecule has 31 heavy (non-hydrogen) atoms. The van der Waals surface area contributed by atoms with Crippen LogP contribution in [0.3, 0.4) is 0 Å². The predicted octanol–water partition coefficient (Wildman–Crippen LogP) is 5.96. The molecule has 1 N–H and O–H groups in total. The Morgan fingerprint density at radius 1 is 1.03 bits per heavy atom. The van der Waals surface area contributed by atoms with Gasteiger partial charge in [0.15, 0.2) is 11.5 Å². The van der Waals surface area contributed by atoms with Gasteiger partial charge in [-0.15, -0.1) is 21.6 Å². The summed E-state index contributed by atoms with van der Waals surface area (Å²) in [5.74, 6) is -1.14. The third-order valence-electron chi connectivity index (χ3n) is 6.01. The van der Waals surface area contributed by atoms with Gasteiger partial charge in [0, 0.05) is 29.1 Å². The number of benzene rings is 1. The molecule has 2 aliphatic carbocycles. The quantitative estimate of drug-likeness (QED) is 0.518. The fourth-order valence-corrected chi connectivity index (χ4v) is 5.56.